The summed E-state index contributed by atoms with van der Waals surface area (Å²) in [5.41, 5.74) is 0. The normalized spacial score (nSPS) is 9.73. The number of hydrogen-bond acceptors (Lipinski definition) is 2. The van der Waals surface area contributed by atoms with Crippen LogP contribution >= 0.6 is 27.5 Å². The van der Waals surface area contributed by atoms with E-state index in [4.69, 9.17) is 16.3 Å². The van der Waals surface area contributed by atoms with Crippen LogP contribution in [-0.4, -0.2) is 12.2 Å². The van der Waals surface area contributed by atoms with Crippen molar-refractivity contribution in [3.8, 4) is 11.5 Å². The Morgan fingerprint density at radius 1 is 1.55 bits per heavy atom. The molecule has 60 valence electrons. The molecule has 1 aromatic carbocycles. The van der Waals surface area contributed by atoms with E-state index in [1.54, 1.807) is 12.1 Å². The van der Waals surface area contributed by atoms with Gasteiger partial charge in [0.2, 0.25) is 0 Å². The summed E-state index contributed by atoms with van der Waals surface area (Å²) in [6, 6.07) is 3.14. The lowest BCUT2D eigenvalue weighted by atomic mass is 10.3. The van der Waals surface area contributed by atoms with Crippen LogP contribution in [0.5, 0.6) is 11.5 Å². The molecule has 2 nitrogen and oxygen atoms in total. The van der Waals surface area contributed by atoms with Crippen molar-refractivity contribution in [1.29, 1.82) is 0 Å². The average molecular weight is 237 g/mol. The minimum atomic E-state index is 0.0666. The van der Waals surface area contributed by atoms with Crippen LogP contribution in [0.4, 0.5) is 0 Å². The topological polar surface area (TPSA) is 29.5 Å². The molecule has 0 atom stereocenters. The lowest BCUT2D eigenvalue weighted by molar-refractivity contribution is 0.372. The monoisotopic (exact) mass is 236 g/mol. The lowest BCUT2D eigenvalue weighted by Gasteiger charge is -2.04. The molecule has 0 heterocycles. The first-order valence-corrected chi connectivity index (χ1v) is 4.04. The van der Waals surface area contributed by atoms with E-state index in [1.807, 2.05) is 0 Å². The van der Waals surface area contributed by atoms with Crippen molar-refractivity contribution in [3.63, 3.8) is 0 Å². The van der Waals surface area contributed by atoms with Gasteiger partial charge in [0.05, 0.1) is 11.6 Å². The minimum Gasteiger partial charge on any atom is -0.503 e. The van der Waals surface area contributed by atoms with Gasteiger partial charge >= 0.3 is 0 Å². The number of methoxy groups -OCH3 is 1. The molecule has 0 fully saturated rings. The van der Waals surface area contributed by atoms with E-state index in [9.17, 15) is 5.11 Å². The van der Waals surface area contributed by atoms with Crippen LogP contribution in [0.15, 0.2) is 16.6 Å². The molecule has 0 spiro atoms. The van der Waals surface area contributed by atoms with E-state index in [2.05, 4.69) is 15.9 Å². The molecule has 0 aliphatic heterocycles. The first-order chi connectivity index (χ1) is 5.15. The molecule has 1 rings (SSSR count). The van der Waals surface area contributed by atoms with Crippen LogP contribution in [0.1, 0.15) is 0 Å². The van der Waals surface area contributed by atoms with Gasteiger partial charge in [-0.25, -0.2) is 0 Å². The molecule has 0 bridgehead atoms. The van der Waals surface area contributed by atoms with Crippen molar-refractivity contribution >= 4 is 27.5 Å². The summed E-state index contributed by atoms with van der Waals surface area (Å²) < 4.78 is 5.37. The van der Waals surface area contributed by atoms with Crippen LogP contribution in [0, 0.1) is 0 Å². The summed E-state index contributed by atoms with van der Waals surface area (Å²) in [7, 11) is 1.47. The van der Waals surface area contributed by atoms with Gasteiger partial charge in [0.15, 0.2) is 11.5 Å². The Labute approximate surface area is 77.9 Å². The van der Waals surface area contributed by atoms with E-state index in [0.717, 1.165) is 0 Å². The van der Waals surface area contributed by atoms with Crippen LogP contribution in [0.2, 0.25) is 5.02 Å². The highest BCUT2D eigenvalue weighted by Crippen LogP contribution is 2.36. The molecule has 0 aliphatic carbocycles. The number of phenolic OH excluding ortho intramolecular Hbond substituents is 1. The Bertz CT molecular complexity index is 275. The van der Waals surface area contributed by atoms with E-state index in [-0.39, 0.29) is 5.75 Å². The highest BCUT2D eigenvalue weighted by Gasteiger charge is 2.06. The fraction of sp³-hybridized carbons (Fsp3) is 0.143. The minimum absolute atomic E-state index is 0.0666. The number of hydrogen-bond donors (Lipinski definition) is 1. The van der Waals surface area contributed by atoms with Crippen molar-refractivity contribution < 1.29 is 9.84 Å². The number of phenols is 1. The second-order valence-electron chi connectivity index (χ2n) is 1.94. The summed E-state index contributed by atoms with van der Waals surface area (Å²) in [5, 5.41) is 9.81. The van der Waals surface area contributed by atoms with E-state index in [0.29, 0.717) is 15.2 Å². The van der Waals surface area contributed by atoms with Crippen molar-refractivity contribution in [1.82, 2.24) is 0 Å². The fourth-order valence-electron chi connectivity index (χ4n) is 0.698. The molecule has 0 unspecified atom stereocenters. The first kappa shape index (κ1) is 8.68. The standard InChI is InChI=1S/C7H6BrClO2/c1-11-6-3-4(9)2-5(8)7(6)10/h2-3,10H,1H3. The Kier molecular flexibility index (Phi) is 2.62. The third-order valence-electron chi connectivity index (χ3n) is 1.21. The first-order valence-electron chi connectivity index (χ1n) is 2.87. The van der Waals surface area contributed by atoms with Crippen molar-refractivity contribution in [2.75, 3.05) is 7.11 Å². The number of ether oxygens (including phenoxy) is 1. The van der Waals surface area contributed by atoms with Gasteiger partial charge in [-0.2, -0.15) is 0 Å². The van der Waals surface area contributed by atoms with Crippen LogP contribution in [-0.2, 0) is 0 Å². The zero-order chi connectivity index (χ0) is 8.43. The molecule has 1 aromatic rings. The summed E-state index contributed by atoms with van der Waals surface area (Å²) in [6.45, 7) is 0. The summed E-state index contributed by atoms with van der Waals surface area (Å²) in [5.74, 6) is 0.432. The van der Waals surface area contributed by atoms with Crippen LogP contribution in [0.25, 0.3) is 0 Å². The second-order valence-corrected chi connectivity index (χ2v) is 3.23. The van der Waals surface area contributed by atoms with Crippen molar-refractivity contribution in [2.24, 2.45) is 0 Å². The third kappa shape index (κ3) is 1.79. The van der Waals surface area contributed by atoms with Gasteiger partial charge in [-0.3, -0.25) is 0 Å². The van der Waals surface area contributed by atoms with Gasteiger partial charge in [-0.05, 0) is 22.0 Å². The third-order valence-corrected chi connectivity index (χ3v) is 2.04. The van der Waals surface area contributed by atoms with Crippen molar-refractivity contribution in [3.05, 3.63) is 21.6 Å². The number of halogens is 2. The molecular weight excluding hydrogens is 231 g/mol. The number of rotatable bonds is 1. The largest absolute Gasteiger partial charge is 0.503 e. The average Bonchev–Trinajstić information content (AvgIpc) is 1.96. The molecule has 1 N–H and O–H groups in total. The molecule has 0 saturated heterocycles. The van der Waals surface area contributed by atoms with E-state index >= 15 is 0 Å². The number of benzene rings is 1. The van der Waals surface area contributed by atoms with Crippen LogP contribution < -0.4 is 4.74 Å². The van der Waals surface area contributed by atoms with Gasteiger partial charge < -0.3 is 9.84 Å². The molecule has 11 heavy (non-hydrogen) atoms. The SMILES string of the molecule is COc1cc(Cl)cc(Br)c1O. The van der Waals surface area contributed by atoms with E-state index < -0.39 is 0 Å². The van der Waals surface area contributed by atoms with Gasteiger partial charge in [0, 0.05) is 11.1 Å². The zero-order valence-corrected chi connectivity index (χ0v) is 8.11. The Morgan fingerprint density at radius 3 is 2.73 bits per heavy atom. The van der Waals surface area contributed by atoms with Gasteiger partial charge in [-0.1, -0.05) is 11.6 Å². The maximum absolute atomic E-state index is 9.29. The van der Waals surface area contributed by atoms with Gasteiger partial charge in [-0.15, -0.1) is 0 Å². The molecule has 4 heteroatoms. The van der Waals surface area contributed by atoms with Crippen LogP contribution in [0.3, 0.4) is 0 Å². The molecule has 0 radical (unpaired) electrons. The van der Waals surface area contributed by atoms with Gasteiger partial charge in [0.25, 0.3) is 0 Å². The fourth-order valence-corrected chi connectivity index (χ4v) is 1.48. The Balaban J connectivity index is 3.24. The molecule has 0 aliphatic rings. The Hall–Kier alpha value is -0.410. The maximum atomic E-state index is 9.29. The Morgan fingerprint density at radius 2 is 2.18 bits per heavy atom. The molecule has 0 amide bonds. The van der Waals surface area contributed by atoms with Gasteiger partial charge in [0.1, 0.15) is 0 Å². The predicted molar refractivity (Wildman–Crippen MR) is 47.4 cm³/mol. The summed E-state index contributed by atoms with van der Waals surface area (Å²) in [6.07, 6.45) is 0. The smallest absolute Gasteiger partial charge is 0.172 e. The lowest BCUT2D eigenvalue weighted by Crippen LogP contribution is -1.83. The predicted octanol–water partition coefficient (Wildman–Crippen LogP) is 2.82. The molecular formula is C7H6BrClO2. The summed E-state index contributed by atoms with van der Waals surface area (Å²) in [4.78, 5) is 0. The molecule has 0 aromatic heterocycles. The van der Waals surface area contributed by atoms with Crippen molar-refractivity contribution in [2.45, 2.75) is 0 Å². The highest BCUT2D eigenvalue weighted by atomic mass is 79.9. The quantitative estimate of drug-likeness (QED) is 0.814. The zero-order valence-electron chi connectivity index (χ0n) is 5.77. The number of aromatic hydroxyl groups is 1. The van der Waals surface area contributed by atoms with E-state index in [1.165, 1.54) is 7.11 Å². The molecule has 0 saturated carbocycles. The summed E-state index contributed by atoms with van der Waals surface area (Å²) >= 11 is 8.80. The maximum Gasteiger partial charge on any atom is 0.172 e. The highest BCUT2D eigenvalue weighted by molar-refractivity contribution is 9.10. The second kappa shape index (κ2) is 3.32.